The lowest BCUT2D eigenvalue weighted by Crippen LogP contribution is -2.11. The molecule has 4 rings (SSSR count). The smallest absolute Gasteiger partial charge is 0.205 e. The van der Waals surface area contributed by atoms with E-state index in [2.05, 4.69) is 32.4 Å². The number of ether oxygens (including phenoxy) is 2. The zero-order chi connectivity index (χ0) is 21.6. The van der Waals surface area contributed by atoms with E-state index in [1.54, 1.807) is 43.0 Å². The van der Waals surface area contributed by atoms with Gasteiger partial charge in [0.25, 0.3) is 0 Å². The molecule has 0 bridgehead atoms. The van der Waals surface area contributed by atoms with Gasteiger partial charge in [-0.2, -0.15) is 5.10 Å². The van der Waals surface area contributed by atoms with Gasteiger partial charge in [-0.15, -0.1) is 22.7 Å². The topological polar surface area (TPSA) is 48.1 Å². The van der Waals surface area contributed by atoms with Crippen LogP contribution in [0.25, 0.3) is 10.6 Å². The number of nitrogens with zero attached hydrogens (tertiary/aromatic N) is 3. The van der Waals surface area contributed by atoms with Crippen LogP contribution < -0.4 is 14.3 Å². The summed E-state index contributed by atoms with van der Waals surface area (Å²) in [4.78, 5) is 6.30. The van der Waals surface area contributed by atoms with E-state index < -0.39 is 0 Å². The molecule has 158 valence electrons. The molecule has 5 nitrogen and oxygen atoms in total. The summed E-state index contributed by atoms with van der Waals surface area (Å²) in [7, 11) is 3.41. The van der Waals surface area contributed by atoms with Crippen molar-refractivity contribution in [1.29, 1.82) is 0 Å². The Morgan fingerprint density at radius 1 is 1.06 bits per heavy atom. The number of aromatic nitrogens is 1. The quantitative estimate of drug-likeness (QED) is 0.283. The Kier molecular flexibility index (Phi) is 7.01. The van der Waals surface area contributed by atoms with Crippen LogP contribution in [0.1, 0.15) is 11.1 Å². The third-order valence-electron chi connectivity index (χ3n) is 4.45. The predicted octanol–water partition coefficient (Wildman–Crippen LogP) is 6.04. The van der Waals surface area contributed by atoms with Crippen molar-refractivity contribution in [3.8, 4) is 22.1 Å². The van der Waals surface area contributed by atoms with Gasteiger partial charge in [0.2, 0.25) is 4.80 Å². The molecule has 0 atom stereocenters. The minimum Gasteiger partial charge on any atom is -0.493 e. The highest BCUT2D eigenvalue weighted by molar-refractivity contribution is 9.11. The molecule has 4 aromatic rings. The molecule has 0 aliphatic rings. The Labute approximate surface area is 197 Å². The lowest BCUT2D eigenvalue weighted by atomic mass is 10.2. The summed E-state index contributed by atoms with van der Waals surface area (Å²) in [6.45, 7) is 0.483. The highest BCUT2D eigenvalue weighted by Gasteiger charge is 2.10. The monoisotopic (exact) mass is 513 g/mol. The Hall–Kier alpha value is -2.68. The number of hydrogen-bond acceptors (Lipinski definition) is 6. The van der Waals surface area contributed by atoms with Gasteiger partial charge in [-0.3, -0.25) is 4.99 Å². The molecule has 0 spiro atoms. The molecular formula is C23H20BrN3O2S2. The summed E-state index contributed by atoms with van der Waals surface area (Å²) in [6.07, 6.45) is 1.80. The average molecular weight is 514 g/mol. The van der Waals surface area contributed by atoms with Crippen molar-refractivity contribution in [3.05, 3.63) is 85.8 Å². The number of thiophene rings is 1. The number of hydrogen-bond donors (Lipinski definition) is 0. The van der Waals surface area contributed by atoms with E-state index in [0.717, 1.165) is 30.3 Å². The number of methoxy groups -OCH3 is 1. The van der Waals surface area contributed by atoms with Crippen molar-refractivity contribution >= 4 is 44.8 Å². The van der Waals surface area contributed by atoms with Crippen molar-refractivity contribution in [2.45, 2.75) is 6.61 Å². The van der Waals surface area contributed by atoms with Gasteiger partial charge in [0.15, 0.2) is 11.5 Å². The third-order valence-corrected chi connectivity index (χ3v) is 7.00. The van der Waals surface area contributed by atoms with Crippen LogP contribution >= 0.6 is 38.6 Å². The fourth-order valence-corrected chi connectivity index (χ4v) is 5.19. The molecule has 0 fully saturated rings. The van der Waals surface area contributed by atoms with Gasteiger partial charge < -0.3 is 9.47 Å². The zero-order valence-electron chi connectivity index (χ0n) is 17.0. The fourth-order valence-electron chi connectivity index (χ4n) is 2.93. The first-order chi connectivity index (χ1) is 15.2. The highest BCUT2D eigenvalue weighted by atomic mass is 79.9. The second-order valence-electron chi connectivity index (χ2n) is 6.47. The summed E-state index contributed by atoms with van der Waals surface area (Å²) in [5.41, 5.74) is 3.02. The van der Waals surface area contributed by atoms with Crippen LogP contribution in [-0.4, -0.2) is 25.0 Å². The normalized spacial score (nSPS) is 11.9. The van der Waals surface area contributed by atoms with E-state index in [-0.39, 0.29) is 0 Å². The molecule has 2 aromatic heterocycles. The first kappa shape index (κ1) is 21.5. The molecule has 0 radical (unpaired) electrons. The van der Waals surface area contributed by atoms with Crippen molar-refractivity contribution in [1.82, 2.24) is 4.68 Å². The van der Waals surface area contributed by atoms with Gasteiger partial charge in [0, 0.05) is 12.4 Å². The minimum absolute atomic E-state index is 0.483. The predicted molar refractivity (Wildman–Crippen MR) is 132 cm³/mol. The van der Waals surface area contributed by atoms with Crippen LogP contribution in [0.3, 0.4) is 0 Å². The van der Waals surface area contributed by atoms with Gasteiger partial charge in [-0.25, -0.2) is 4.68 Å². The largest absolute Gasteiger partial charge is 0.493 e. The van der Waals surface area contributed by atoms with E-state index in [9.17, 15) is 0 Å². The molecule has 2 heterocycles. The van der Waals surface area contributed by atoms with Gasteiger partial charge in [0.05, 0.1) is 27.7 Å². The van der Waals surface area contributed by atoms with Gasteiger partial charge in [-0.05, 0) is 57.4 Å². The Morgan fingerprint density at radius 3 is 2.61 bits per heavy atom. The lowest BCUT2D eigenvalue weighted by molar-refractivity contribution is 0.284. The Morgan fingerprint density at radius 2 is 1.90 bits per heavy atom. The first-order valence-electron chi connectivity index (χ1n) is 9.46. The third kappa shape index (κ3) is 5.15. The number of thiazole rings is 1. The highest BCUT2D eigenvalue weighted by Crippen LogP contribution is 2.32. The summed E-state index contributed by atoms with van der Waals surface area (Å²) in [5.74, 6) is 1.36. The average Bonchev–Trinajstić information content (AvgIpc) is 3.42. The molecule has 0 amide bonds. The number of benzene rings is 2. The maximum Gasteiger partial charge on any atom is 0.205 e. The minimum atomic E-state index is 0.483. The van der Waals surface area contributed by atoms with Crippen LogP contribution in [0, 0.1) is 0 Å². The molecule has 0 saturated heterocycles. The number of halogens is 1. The molecule has 0 unspecified atom stereocenters. The van der Waals surface area contributed by atoms with E-state index in [4.69, 9.17) is 14.6 Å². The molecule has 0 aliphatic heterocycles. The summed E-state index contributed by atoms with van der Waals surface area (Å²) in [5, 5.41) is 6.76. The zero-order valence-corrected chi connectivity index (χ0v) is 20.2. The van der Waals surface area contributed by atoms with Crippen LogP contribution in [0.15, 0.2) is 79.9 Å². The van der Waals surface area contributed by atoms with E-state index in [1.807, 2.05) is 59.3 Å². The maximum atomic E-state index is 5.94. The summed E-state index contributed by atoms with van der Waals surface area (Å²) in [6, 6.07) is 19.9. The molecule has 0 saturated carbocycles. The summed E-state index contributed by atoms with van der Waals surface area (Å²) < 4.78 is 14.4. The van der Waals surface area contributed by atoms with Gasteiger partial charge >= 0.3 is 0 Å². The van der Waals surface area contributed by atoms with Crippen LogP contribution in [0.5, 0.6) is 11.5 Å². The van der Waals surface area contributed by atoms with Gasteiger partial charge in [-0.1, -0.05) is 30.3 Å². The van der Waals surface area contributed by atoms with E-state index in [0.29, 0.717) is 18.1 Å². The maximum absolute atomic E-state index is 5.94. The second-order valence-corrected chi connectivity index (χ2v) is 9.77. The first-order valence-corrected chi connectivity index (χ1v) is 11.9. The molecule has 0 aliphatic carbocycles. The van der Waals surface area contributed by atoms with Crippen LogP contribution in [0.4, 0.5) is 0 Å². The second kappa shape index (κ2) is 10.1. The molecule has 2 aromatic carbocycles. The molecular weight excluding hydrogens is 494 g/mol. The van der Waals surface area contributed by atoms with E-state index >= 15 is 0 Å². The van der Waals surface area contributed by atoms with Crippen LogP contribution in [-0.2, 0) is 6.61 Å². The SMILES string of the molecule is CN=c1scc(-c2ccc(Br)s2)n1/N=C\c1ccc(OCc2ccccc2)c(OC)c1. The Balaban J connectivity index is 1.58. The van der Waals surface area contributed by atoms with Crippen LogP contribution in [0.2, 0.25) is 0 Å². The number of rotatable bonds is 7. The Bertz CT molecular complexity index is 1260. The summed E-state index contributed by atoms with van der Waals surface area (Å²) >= 11 is 6.75. The van der Waals surface area contributed by atoms with Crippen molar-refractivity contribution < 1.29 is 9.47 Å². The van der Waals surface area contributed by atoms with Crippen molar-refractivity contribution in [3.63, 3.8) is 0 Å². The van der Waals surface area contributed by atoms with Gasteiger partial charge in [0.1, 0.15) is 6.61 Å². The van der Waals surface area contributed by atoms with E-state index in [1.165, 1.54) is 0 Å². The van der Waals surface area contributed by atoms with Crippen molar-refractivity contribution in [2.24, 2.45) is 10.1 Å². The molecule has 31 heavy (non-hydrogen) atoms. The fraction of sp³-hybridized carbons (Fsp3) is 0.130. The lowest BCUT2D eigenvalue weighted by Gasteiger charge is -2.11. The van der Waals surface area contributed by atoms with Crippen molar-refractivity contribution in [2.75, 3.05) is 14.2 Å². The molecule has 0 N–H and O–H groups in total. The molecule has 8 heteroatoms. The standard InChI is InChI=1S/C23H20BrN3O2S2/c1-25-23-27(18(15-30-23)21-10-11-22(24)31-21)26-13-17-8-9-19(20(12-17)28-2)29-14-16-6-4-3-5-7-16/h3-13,15H,14H2,1-2H3/b25-23?,26-13-.